The Morgan fingerprint density at radius 2 is 2.03 bits per heavy atom. The number of pyridine rings is 1. The van der Waals surface area contributed by atoms with E-state index in [4.69, 9.17) is 14.6 Å². The number of benzene rings is 1. The van der Waals surface area contributed by atoms with E-state index < -0.39 is 12.1 Å². The van der Waals surface area contributed by atoms with Gasteiger partial charge in [-0.1, -0.05) is 0 Å². The lowest BCUT2D eigenvalue weighted by atomic mass is 9.99. The lowest BCUT2D eigenvalue weighted by molar-refractivity contribution is -0.192. The minimum absolute atomic E-state index is 0.293. The third-order valence-electron chi connectivity index (χ3n) is 4.72. The van der Waals surface area contributed by atoms with Crippen LogP contribution >= 0.6 is 0 Å². The molecule has 0 radical (unpaired) electrons. The number of aromatic nitrogens is 3. The van der Waals surface area contributed by atoms with Crippen molar-refractivity contribution in [3.05, 3.63) is 48.2 Å². The Hall–Kier alpha value is -3.21. The highest BCUT2D eigenvalue weighted by atomic mass is 19.4. The van der Waals surface area contributed by atoms with Crippen LogP contribution in [-0.2, 0) is 4.79 Å². The number of halogens is 4. The van der Waals surface area contributed by atoms with Crippen molar-refractivity contribution in [1.82, 2.24) is 19.9 Å². The summed E-state index contributed by atoms with van der Waals surface area (Å²) in [4.78, 5) is 13.5. The van der Waals surface area contributed by atoms with E-state index in [1.54, 1.807) is 17.7 Å². The molecule has 1 unspecified atom stereocenters. The summed E-state index contributed by atoms with van der Waals surface area (Å²) in [6.07, 6.45) is -0.959. The van der Waals surface area contributed by atoms with Crippen LogP contribution in [0.15, 0.2) is 36.5 Å². The molecule has 2 N–H and O–H groups in total. The SMILES string of the molecule is COc1ccc(F)cc1-c1ccc2nc(C3CCCNC3)nn2c1.O=C(O)C(F)(F)F. The van der Waals surface area contributed by atoms with Gasteiger partial charge in [-0.2, -0.15) is 18.3 Å². The third kappa shape index (κ3) is 5.48. The molecule has 0 saturated carbocycles. The van der Waals surface area contributed by atoms with Crippen molar-refractivity contribution >= 4 is 11.6 Å². The molecule has 3 aromatic rings. The number of carboxylic acids is 1. The smallest absolute Gasteiger partial charge is 0.490 e. The maximum atomic E-state index is 13.6. The number of piperidine rings is 1. The molecule has 31 heavy (non-hydrogen) atoms. The number of rotatable bonds is 3. The van der Waals surface area contributed by atoms with Crippen molar-refractivity contribution in [3.8, 4) is 16.9 Å². The quantitative estimate of drug-likeness (QED) is 0.605. The second kappa shape index (κ2) is 9.29. The van der Waals surface area contributed by atoms with Gasteiger partial charge in [0, 0.05) is 29.8 Å². The Kier molecular flexibility index (Phi) is 6.74. The van der Waals surface area contributed by atoms with Gasteiger partial charge in [0.15, 0.2) is 11.5 Å². The van der Waals surface area contributed by atoms with Gasteiger partial charge in [0.1, 0.15) is 11.6 Å². The predicted molar refractivity (Wildman–Crippen MR) is 103 cm³/mol. The molecule has 2 aromatic heterocycles. The number of carbonyl (C=O) groups is 1. The van der Waals surface area contributed by atoms with E-state index in [2.05, 4.69) is 15.4 Å². The van der Waals surface area contributed by atoms with Crippen LogP contribution < -0.4 is 10.1 Å². The summed E-state index contributed by atoms with van der Waals surface area (Å²) in [6, 6.07) is 8.33. The van der Waals surface area contributed by atoms with Crippen molar-refractivity contribution in [3.63, 3.8) is 0 Å². The fraction of sp³-hybridized carbons (Fsp3) is 0.350. The van der Waals surface area contributed by atoms with E-state index in [9.17, 15) is 17.6 Å². The van der Waals surface area contributed by atoms with E-state index in [0.29, 0.717) is 17.2 Å². The van der Waals surface area contributed by atoms with Crippen molar-refractivity contribution in [2.75, 3.05) is 20.2 Å². The van der Waals surface area contributed by atoms with Gasteiger partial charge in [0.25, 0.3) is 0 Å². The fourth-order valence-corrected chi connectivity index (χ4v) is 3.21. The number of hydrogen-bond donors (Lipinski definition) is 2. The van der Waals surface area contributed by atoms with E-state index in [1.165, 1.54) is 12.1 Å². The molecule has 1 aliphatic rings. The molecule has 7 nitrogen and oxygen atoms in total. The van der Waals surface area contributed by atoms with Crippen molar-refractivity contribution < 1.29 is 32.2 Å². The summed E-state index contributed by atoms with van der Waals surface area (Å²) in [5.41, 5.74) is 2.35. The minimum Gasteiger partial charge on any atom is -0.496 e. The molecule has 1 fully saturated rings. The lowest BCUT2D eigenvalue weighted by Crippen LogP contribution is -2.28. The van der Waals surface area contributed by atoms with E-state index >= 15 is 0 Å². The molecule has 0 spiro atoms. The molecule has 1 atom stereocenters. The zero-order valence-electron chi connectivity index (χ0n) is 16.5. The highest BCUT2D eigenvalue weighted by Crippen LogP contribution is 2.31. The summed E-state index contributed by atoms with van der Waals surface area (Å²) in [6.45, 7) is 1.98. The largest absolute Gasteiger partial charge is 0.496 e. The summed E-state index contributed by atoms with van der Waals surface area (Å²) in [7, 11) is 1.58. The van der Waals surface area contributed by atoms with E-state index in [1.807, 2.05) is 18.3 Å². The first-order valence-electron chi connectivity index (χ1n) is 9.40. The minimum atomic E-state index is -5.08. The van der Waals surface area contributed by atoms with E-state index in [-0.39, 0.29) is 5.82 Å². The number of hydrogen-bond acceptors (Lipinski definition) is 5. The van der Waals surface area contributed by atoms with Crippen LogP contribution in [0.3, 0.4) is 0 Å². The number of aliphatic carboxylic acids is 1. The topological polar surface area (TPSA) is 88.8 Å². The molecule has 0 aliphatic carbocycles. The number of ether oxygens (including phenoxy) is 1. The Morgan fingerprint density at radius 3 is 2.65 bits per heavy atom. The fourth-order valence-electron chi connectivity index (χ4n) is 3.21. The molecule has 1 saturated heterocycles. The number of alkyl halides is 3. The van der Waals surface area contributed by atoms with Gasteiger partial charge >= 0.3 is 12.1 Å². The zero-order chi connectivity index (χ0) is 22.6. The van der Waals surface area contributed by atoms with Gasteiger partial charge < -0.3 is 15.2 Å². The molecular formula is C20H20F4N4O3. The molecule has 0 bridgehead atoms. The molecule has 0 amide bonds. The van der Waals surface area contributed by atoms with Crippen LogP contribution in [0.1, 0.15) is 24.6 Å². The first kappa shape index (κ1) is 22.5. The van der Waals surface area contributed by atoms with Crippen LogP contribution in [0.5, 0.6) is 5.75 Å². The number of carboxylic acid groups (broad SMARTS) is 1. The average molecular weight is 440 g/mol. The molecule has 1 aliphatic heterocycles. The van der Waals surface area contributed by atoms with Crippen molar-refractivity contribution in [1.29, 1.82) is 0 Å². The second-order valence-electron chi connectivity index (χ2n) is 6.88. The van der Waals surface area contributed by atoms with Crippen molar-refractivity contribution in [2.24, 2.45) is 0 Å². The first-order chi connectivity index (χ1) is 14.7. The van der Waals surface area contributed by atoms with Crippen molar-refractivity contribution in [2.45, 2.75) is 24.9 Å². The second-order valence-corrected chi connectivity index (χ2v) is 6.88. The normalized spacial score (nSPS) is 16.5. The molecule has 3 heterocycles. The highest BCUT2D eigenvalue weighted by molar-refractivity contribution is 5.73. The Morgan fingerprint density at radius 1 is 1.29 bits per heavy atom. The van der Waals surface area contributed by atoms with Crippen LogP contribution in [-0.4, -0.2) is 52.0 Å². The Bertz CT molecular complexity index is 1060. The van der Waals surface area contributed by atoms with E-state index in [0.717, 1.165) is 43.0 Å². The van der Waals surface area contributed by atoms with Gasteiger partial charge in [-0.3, -0.25) is 0 Å². The molecule has 11 heteroatoms. The van der Waals surface area contributed by atoms with Gasteiger partial charge in [-0.05, 0) is 49.7 Å². The molecule has 1 aromatic carbocycles. The lowest BCUT2D eigenvalue weighted by Gasteiger charge is -2.19. The maximum Gasteiger partial charge on any atom is 0.490 e. The monoisotopic (exact) mass is 440 g/mol. The summed E-state index contributed by atoms with van der Waals surface area (Å²) >= 11 is 0. The van der Waals surface area contributed by atoms with Crippen LogP contribution in [0.4, 0.5) is 17.6 Å². The summed E-state index contributed by atoms with van der Waals surface area (Å²) in [5, 5.41) is 15.1. The highest BCUT2D eigenvalue weighted by Gasteiger charge is 2.38. The predicted octanol–water partition coefficient (Wildman–Crippen LogP) is 3.64. The molecule has 4 rings (SSSR count). The van der Waals surface area contributed by atoms with Gasteiger partial charge in [-0.25, -0.2) is 18.7 Å². The van der Waals surface area contributed by atoms with Gasteiger partial charge in [0.05, 0.1) is 7.11 Å². The third-order valence-corrected chi connectivity index (χ3v) is 4.72. The number of nitrogens with zero attached hydrogens (tertiary/aromatic N) is 3. The molecule has 166 valence electrons. The number of nitrogens with one attached hydrogen (secondary N) is 1. The molecular weight excluding hydrogens is 420 g/mol. The number of methoxy groups -OCH3 is 1. The van der Waals surface area contributed by atoms with Gasteiger partial charge in [-0.15, -0.1) is 0 Å². The zero-order valence-corrected chi connectivity index (χ0v) is 16.5. The summed E-state index contributed by atoms with van der Waals surface area (Å²) < 4.78 is 52.5. The Balaban J connectivity index is 0.000000339. The van der Waals surface area contributed by atoms with Crippen LogP contribution in [0.25, 0.3) is 16.8 Å². The van der Waals surface area contributed by atoms with Crippen LogP contribution in [0, 0.1) is 5.82 Å². The average Bonchev–Trinajstić information content (AvgIpc) is 3.17. The standard InChI is InChI=1S/C18H19FN4O.C2HF3O2/c1-24-16-6-5-14(19)9-15(16)13-4-7-17-21-18(22-23(17)11-13)12-3-2-8-20-10-12;3-2(4,5)1(6)7/h4-7,9,11-12,20H,2-3,8,10H2,1H3;(H,6,7). The maximum absolute atomic E-state index is 13.6. The van der Waals surface area contributed by atoms with Crippen LogP contribution in [0.2, 0.25) is 0 Å². The Labute approximate surface area is 174 Å². The van der Waals surface area contributed by atoms with Gasteiger partial charge in [0.2, 0.25) is 0 Å². The number of fused-ring (bicyclic) bond motifs is 1. The summed E-state index contributed by atoms with van der Waals surface area (Å²) in [5.74, 6) is -1.20. The first-order valence-corrected chi connectivity index (χ1v) is 9.40.